The highest BCUT2D eigenvalue weighted by Gasteiger charge is 2.14. The van der Waals surface area contributed by atoms with Gasteiger partial charge in [0.1, 0.15) is 11.3 Å². The summed E-state index contributed by atoms with van der Waals surface area (Å²) in [6, 6.07) is 12.0. The number of methoxy groups -OCH3 is 1. The van der Waals surface area contributed by atoms with Crippen LogP contribution in [0.4, 0.5) is 0 Å². The summed E-state index contributed by atoms with van der Waals surface area (Å²) in [5, 5.41) is 0. The number of alkyl halides is 1. The van der Waals surface area contributed by atoms with Crippen LogP contribution in [0, 0.1) is 3.57 Å². The van der Waals surface area contributed by atoms with Crippen molar-refractivity contribution in [2.75, 3.05) is 13.0 Å². The lowest BCUT2D eigenvalue weighted by Gasteiger charge is -2.08. The van der Waals surface area contributed by atoms with E-state index in [0.717, 1.165) is 26.2 Å². The van der Waals surface area contributed by atoms with E-state index in [-0.39, 0.29) is 0 Å². The second-order valence-electron chi connectivity index (χ2n) is 4.48. The topological polar surface area (TPSA) is 39.9 Å². The quantitative estimate of drug-likeness (QED) is 0.482. The zero-order chi connectivity index (χ0) is 14.8. The Kier molecular flexibility index (Phi) is 4.30. The number of imidazole rings is 1. The highest BCUT2D eigenvalue weighted by Crippen LogP contribution is 2.24. The Labute approximate surface area is 141 Å². The van der Waals surface area contributed by atoms with E-state index in [1.807, 2.05) is 28.8 Å². The summed E-state index contributed by atoms with van der Waals surface area (Å²) in [5.74, 6) is 2.00. The molecule has 0 radical (unpaired) electrons. The summed E-state index contributed by atoms with van der Waals surface area (Å²) < 4.78 is 8.43. The van der Waals surface area contributed by atoms with Gasteiger partial charge in [0.25, 0.3) is 0 Å². The van der Waals surface area contributed by atoms with Crippen LogP contribution < -0.4 is 4.74 Å². The fourth-order valence-electron chi connectivity index (χ4n) is 2.24. The molecule has 2 aromatic heterocycles. The zero-order valence-electron chi connectivity index (χ0n) is 11.4. The smallest absolute Gasteiger partial charge is 0.215 e. The van der Waals surface area contributed by atoms with Gasteiger partial charge in [-0.1, -0.05) is 6.07 Å². The molecule has 0 amide bonds. The maximum absolute atomic E-state index is 5.91. The van der Waals surface area contributed by atoms with Crippen LogP contribution in [-0.2, 0) is 6.42 Å². The lowest BCUT2D eigenvalue weighted by atomic mass is 10.3. The number of fused-ring (bicyclic) bond motifs is 1. The van der Waals surface area contributed by atoms with Gasteiger partial charge in [-0.25, -0.2) is 4.98 Å². The number of hydrogen-bond donors (Lipinski definition) is 0. The second-order valence-corrected chi connectivity index (χ2v) is 6.10. The van der Waals surface area contributed by atoms with Gasteiger partial charge in [0, 0.05) is 27.6 Å². The third-order valence-corrected chi connectivity index (χ3v) is 4.00. The molecule has 0 fully saturated rings. The fraction of sp³-hybridized carbons (Fsp3) is 0.200. The van der Waals surface area contributed by atoms with Crippen LogP contribution in [0.1, 0.15) is 5.82 Å². The minimum atomic E-state index is 0.518. The standard InChI is InChI=1S/C15H13ClIN3O/c1-21-14-6-5-12-15(19-14)20(13(18-12)7-8-16)11-4-2-3-10(17)9-11/h2-6,9H,7-8H2,1H3. The summed E-state index contributed by atoms with van der Waals surface area (Å²) in [6.45, 7) is 0. The Morgan fingerprint density at radius 1 is 1.24 bits per heavy atom. The van der Waals surface area contributed by atoms with Crippen LogP contribution in [0.25, 0.3) is 16.9 Å². The molecule has 0 saturated heterocycles. The summed E-state index contributed by atoms with van der Waals surface area (Å²) in [6.07, 6.45) is 0.686. The Balaban J connectivity index is 2.28. The minimum Gasteiger partial charge on any atom is -0.481 e. The number of pyridine rings is 1. The van der Waals surface area contributed by atoms with Crippen molar-refractivity contribution < 1.29 is 4.74 Å². The van der Waals surface area contributed by atoms with E-state index in [2.05, 4.69) is 44.7 Å². The average Bonchev–Trinajstić information content (AvgIpc) is 2.84. The summed E-state index contributed by atoms with van der Waals surface area (Å²) in [7, 11) is 1.61. The summed E-state index contributed by atoms with van der Waals surface area (Å²) >= 11 is 8.21. The van der Waals surface area contributed by atoms with Gasteiger partial charge in [-0.05, 0) is 46.9 Å². The molecule has 3 aromatic rings. The summed E-state index contributed by atoms with van der Waals surface area (Å²) in [5.41, 5.74) is 2.66. The van der Waals surface area contributed by atoms with Crippen LogP contribution in [-0.4, -0.2) is 27.5 Å². The molecule has 6 heteroatoms. The molecule has 3 rings (SSSR count). The molecule has 108 valence electrons. The van der Waals surface area contributed by atoms with Crippen molar-refractivity contribution in [1.82, 2.24) is 14.5 Å². The van der Waals surface area contributed by atoms with E-state index in [9.17, 15) is 0 Å². The molecule has 0 aliphatic heterocycles. The molecular weight excluding hydrogens is 401 g/mol. The number of ether oxygens (including phenoxy) is 1. The van der Waals surface area contributed by atoms with Crippen molar-refractivity contribution >= 4 is 45.4 Å². The lowest BCUT2D eigenvalue weighted by molar-refractivity contribution is 0.399. The van der Waals surface area contributed by atoms with Gasteiger partial charge in [-0.2, -0.15) is 4.98 Å². The van der Waals surface area contributed by atoms with Crippen LogP contribution in [0.5, 0.6) is 5.88 Å². The highest BCUT2D eigenvalue weighted by atomic mass is 127. The Morgan fingerprint density at radius 2 is 2.10 bits per heavy atom. The maximum atomic E-state index is 5.91. The highest BCUT2D eigenvalue weighted by molar-refractivity contribution is 14.1. The molecule has 1 aromatic carbocycles. The fourth-order valence-corrected chi connectivity index (χ4v) is 2.93. The van der Waals surface area contributed by atoms with E-state index in [1.165, 1.54) is 0 Å². The molecule has 0 unspecified atom stereocenters. The van der Waals surface area contributed by atoms with Crippen LogP contribution >= 0.6 is 34.2 Å². The van der Waals surface area contributed by atoms with E-state index >= 15 is 0 Å². The Bertz CT molecular complexity index is 788. The molecule has 0 atom stereocenters. The van der Waals surface area contributed by atoms with Gasteiger partial charge < -0.3 is 4.74 Å². The average molecular weight is 414 g/mol. The van der Waals surface area contributed by atoms with Crippen molar-refractivity contribution in [3.8, 4) is 11.6 Å². The molecule has 21 heavy (non-hydrogen) atoms. The van der Waals surface area contributed by atoms with Gasteiger partial charge in [-0.15, -0.1) is 11.6 Å². The first-order valence-corrected chi connectivity index (χ1v) is 8.08. The first-order chi connectivity index (χ1) is 10.2. The predicted octanol–water partition coefficient (Wildman–Crippen LogP) is 3.82. The first-order valence-electron chi connectivity index (χ1n) is 6.47. The number of rotatable bonds is 4. The molecule has 0 aliphatic carbocycles. The molecule has 0 saturated carbocycles. The van der Waals surface area contributed by atoms with Gasteiger partial charge in [0.2, 0.25) is 5.88 Å². The van der Waals surface area contributed by atoms with Crippen LogP contribution in [0.2, 0.25) is 0 Å². The SMILES string of the molecule is COc1ccc2nc(CCCl)n(-c3cccc(I)c3)c2n1. The first kappa shape index (κ1) is 14.6. The van der Waals surface area contributed by atoms with Gasteiger partial charge >= 0.3 is 0 Å². The van der Waals surface area contributed by atoms with Crippen LogP contribution in [0.3, 0.4) is 0 Å². The van der Waals surface area contributed by atoms with Gasteiger partial charge in [0.05, 0.1) is 7.11 Å². The molecule has 0 aliphatic rings. The van der Waals surface area contributed by atoms with Gasteiger partial charge in [0.15, 0.2) is 5.65 Å². The van der Waals surface area contributed by atoms with Crippen molar-refractivity contribution in [3.05, 3.63) is 45.8 Å². The van der Waals surface area contributed by atoms with Crippen molar-refractivity contribution in [3.63, 3.8) is 0 Å². The van der Waals surface area contributed by atoms with Crippen molar-refractivity contribution in [2.24, 2.45) is 0 Å². The normalized spacial score (nSPS) is 11.0. The molecular formula is C15H13ClIN3O. The molecule has 0 spiro atoms. The number of aryl methyl sites for hydroxylation is 1. The predicted molar refractivity (Wildman–Crippen MR) is 92.6 cm³/mol. The Morgan fingerprint density at radius 3 is 2.81 bits per heavy atom. The zero-order valence-corrected chi connectivity index (χ0v) is 14.3. The number of nitrogens with zero attached hydrogens (tertiary/aromatic N) is 3. The number of aromatic nitrogens is 3. The van der Waals surface area contributed by atoms with Gasteiger partial charge in [-0.3, -0.25) is 4.57 Å². The Hall–Kier alpha value is -1.34. The number of halogens is 2. The second kappa shape index (κ2) is 6.19. The van der Waals surface area contributed by atoms with Crippen molar-refractivity contribution in [1.29, 1.82) is 0 Å². The summed E-state index contributed by atoms with van der Waals surface area (Å²) in [4.78, 5) is 9.18. The third kappa shape index (κ3) is 2.85. The van der Waals surface area contributed by atoms with E-state index in [1.54, 1.807) is 7.11 Å². The van der Waals surface area contributed by atoms with Crippen LogP contribution in [0.15, 0.2) is 36.4 Å². The molecule has 0 N–H and O–H groups in total. The lowest BCUT2D eigenvalue weighted by Crippen LogP contribution is -2.03. The largest absolute Gasteiger partial charge is 0.481 e. The molecule has 4 nitrogen and oxygen atoms in total. The van der Waals surface area contributed by atoms with Crippen molar-refractivity contribution in [2.45, 2.75) is 6.42 Å². The number of hydrogen-bond acceptors (Lipinski definition) is 3. The van der Waals surface area contributed by atoms with E-state index in [0.29, 0.717) is 18.2 Å². The monoisotopic (exact) mass is 413 g/mol. The number of benzene rings is 1. The van der Waals surface area contributed by atoms with E-state index in [4.69, 9.17) is 16.3 Å². The maximum Gasteiger partial charge on any atom is 0.215 e. The third-order valence-electron chi connectivity index (χ3n) is 3.14. The van der Waals surface area contributed by atoms with E-state index < -0.39 is 0 Å². The molecule has 0 bridgehead atoms. The minimum absolute atomic E-state index is 0.518. The molecule has 2 heterocycles.